The molecule has 1 aliphatic rings. The van der Waals surface area contributed by atoms with Gasteiger partial charge >= 0.3 is 6.03 Å². The second-order valence-corrected chi connectivity index (χ2v) is 8.73. The van der Waals surface area contributed by atoms with E-state index < -0.39 is 21.1 Å². The van der Waals surface area contributed by atoms with E-state index in [2.05, 4.69) is 10.6 Å². The first-order valence-electron chi connectivity index (χ1n) is 8.93. The highest BCUT2D eigenvalue weighted by Crippen LogP contribution is 2.29. The van der Waals surface area contributed by atoms with Crippen LogP contribution in [0.4, 0.5) is 4.79 Å². The Hall–Kier alpha value is -2.32. The molecule has 2 heterocycles. The Morgan fingerprint density at radius 3 is 2.52 bits per heavy atom. The Labute approximate surface area is 159 Å². The van der Waals surface area contributed by atoms with Crippen molar-refractivity contribution in [2.45, 2.75) is 36.0 Å². The number of urea groups is 1. The summed E-state index contributed by atoms with van der Waals surface area (Å²) in [5, 5.41) is 4.53. The molecule has 7 nitrogen and oxygen atoms in total. The molecular weight excluding hydrogens is 368 g/mol. The number of carbonyl (C=O) groups excluding carboxylic acids is 1. The van der Waals surface area contributed by atoms with Gasteiger partial charge in [0.1, 0.15) is 11.0 Å². The lowest BCUT2D eigenvalue weighted by atomic mass is 10.1. The molecule has 1 aliphatic heterocycles. The number of nitrogens with one attached hydrogen (secondary N) is 2. The normalized spacial score (nSPS) is 16.6. The number of hydrogen-bond acceptors (Lipinski definition) is 5. The smallest absolute Gasteiger partial charge is 0.315 e. The van der Waals surface area contributed by atoms with Gasteiger partial charge in [0.05, 0.1) is 11.2 Å². The lowest BCUT2D eigenvalue weighted by Crippen LogP contribution is -2.46. The van der Waals surface area contributed by atoms with Crippen LogP contribution in [0.1, 0.15) is 29.4 Å². The molecule has 146 valence electrons. The van der Waals surface area contributed by atoms with Crippen molar-refractivity contribution in [3.05, 3.63) is 54.0 Å². The van der Waals surface area contributed by atoms with Gasteiger partial charge in [0.2, 0.25) is 0 Å². The molecule has 8 heteroatoms. The molecular formula is C19H24N2O5S. The molecule has 0 saturated carbocycles. The van der Waals surface area contributed by atoms with Crippen LogP contribution in [0, 0.1) is 6.92 Å². The van der Waals surface area contributed by atoms with E-state index in [9.17, 15) is 13.2 Å². The SMILES string of the molecule is Cc1ccc(S(=O)(=O)C(CNC(=O)NC2CCOCC2)c2ccco2)cc1. The Balaban J connectivity index is 1.72. The molecule has 0 spiro atoms. The summed E-state index contributed by atoms with van der Waals surface area (Å²) in [7, 11) is -3.73. The van der Waals surface area contributed by atoms with Crippen LogP contribution < -0.4 is 10.6 Å². The van der Waals surface area contributed by atoms with Crippen molar-refractivity contribution in [1.29, 1.82) is 0 Å². The second kappa shape index (κ2) is 8.58. The number of benzene rings is 1. The molecule has 0 bridgehead atoms. The predicted octanol–water partition coefficient (Wildman–Crippen LogP) is 2.58. The number of rotatable bonds is 6. The highest BCUT2D eigenvalue weighted by atomic mass is 32.2. The second-order valence-electron chi connectivity index (χ2n) is 6.60. The first-order valence-corrected chi connectivity index (χ1v) is 10.5. The fourth-order valence-electron chi connectivity index (χ4n) is 2.99. The van der Waals surface area contributed by atoms with Crippen molar-refractivity contribution in [3.63, 3.8) is 0 Å². The molecule has 1 aromatic heterocycles. The third-order valence-corrected chi connectivity index (χ3v) is 6.67. The number of amides is 2. The highest BCUT2D eigenvalue weighted by Gasteiger charge is 2.32. The van der Waals surface area contributed by atoms with Gasteiger partial charge in [0, 0.05) is 25.8 Å². The quantitative estimate of drug-likeness (QED) is 0.787. The lowest BCUT2D eigenvalue weighted by Gasteiger charge is -2.24. The predicted molar refractivity (Wildman–Crippen MR) is 100 cm³/mol. The zero-order valence-corrected chi connectivity index (χ0v) is 16.0. The molecule has 1 saturated heterocycles. The zero-order valence-electron chi connectivity index (χ0n) is 15.2. The van der Waals surface area contributed by atoms with Gasteiger partial charge < -0.3 is 19.8 Å². The monoisotopic (exact) mass is 392 g/mol. The minimum atomic E-state index is -3.73. The van der Waals surface area contributed by atoms with Crippen molar-refractivity contribution in [2.24, 2.45) is 0 Å². The van der Waals surface area contributed by atoms with Crippen LogP contribution in [-0.2, 0) is 14.6 Å². The summed E-state index contributed by atoms with van der Waals surface area (Å²) in [6, 6.07) is 9.52. The molecule has 0 aliphatic carbocycles. The van der Waals surface area contributed by atoms with Crippen LogP contribution in [0.25, 0.3) is 0 Å². The molecule has 2 amide bonds. The Morgan fingerprint density at radius 2 is 1.89 bits per heavy atom. The Bertz CT molecular complexity index is 841. The largest absolute Gasteiger partial charge is 0.468 e. The van der Waals surface area contributed by atoms with Crippen LogP contribution in [0.5, 0.6) is 0 Å². The van der Waals surface area contributed by atoms with Crippen molar-refractivity contribution in [3.8, 4) is 0 Å². The van der Waals surface area contributed by atoms with Crippen LogP contribution in [0.2, 0.25) is 0 Å². The van der Waals surface area contributed by atoms with Crippen LogP contribution >= 0.6 is 0 Å². The topological polar surface area (TPSA) is 97.6 Å². The van der Waals surface area contributed by atoms with Crippen LogP contribution in [0.3, 0.4) is 0 Å². The molecule has 2 aromatic rings. The fourth-order valence-corrected chi connectivity index (χ4v) is 4.58. The minimum absolute atomic E-state index is 0.0366. The maximum atomic E-state index is 13.1. The number of aryl methyl sites for hydroxylation is 1. The lowest BCUT2D eigenvalue weighted by molar-refractivity contribution is 0.0801. The molecule has 1 fully saturated rings. The molecule has 2 N–H and O–H groups in total. The van der Waals surface area contributed by atoms with Gasteiger partial charge in [-0.2, -0.15) is 0 Å². The summed E-state index contributed by atoms with van der Waals surface area (Å²) >= 11 is 0. The molecule has 1 atom stereocenters. The first-order chi connectivity index (χ1) is 13.0. The van der Waals surface area contributed by atoms with E-state index in [1.807, 2.05) is 6.92 Å². The highest BCUT2D eigenvalue weighted by molar-refractivity contribution is 7.91. The van der Waals surface area contributed by atoms with E-state index in [0.29, 0.717) is 19.0 Å². The van der Waals surface area contributed by atoms with Crippen molar-refractivity contribution >= 4 is 15.9 Å². The standard InChI is InChI=1S/C19H24N2O5S/c1-14-4-6-16(7-5-14)27(23,24)18(17-3-2-10-26-17)13-20-19(22)21-15-8-11-25-12-9-15/h2-7,10,15,18H,8-9,11-13H2,1H3,(H2,20,21,22). The summed E-state index contributed by atoms with van der Waals surface area (Å²) in [6.07, 6.45) is 2.92. The van der Waals surface area contributed by atoms with Crippen molar-refractivity contribution < 1.29 is 22.4 Å². The minimum Gasteiger partial charge on any atom is -0.468 e. The van der Waals surface area contributed by atoms with Crippen molar-refractivity contribution in [2.75, 3.05) is 19.8 Å². The number of hydrogen-bond donors (Lipinski definition) is 2. The zero-order chi connectivity index (χ0) is 19.3. The van der Waals surface area contributed by atoms with Gasteiger partial charge in [-0.25, -0.2) is 13.2 Å². The number of ether oxygens (including phenoxy) is 1. The fraction of sp³-hybridized carbons (Fsp3) is 0.421. The van der Waals surface area contributed by atoms with E-state index >= 15 is 0 Å². The molecule has 0 radical (unpaired) electrons. The third kappa shape index (κ3) is 4.90. The summed E-state index contributed by atoms with van der Waals surface area (Å²) < 4.78 is 36.8. The summed E-state index contributed by atoms with van der Waals surface area (Å²) in [5.41, 5.74) is 0.970. The van der Waals surface area contributed by atoms with Gasteiger partial charge in [-0.15, -0.1) is 0 Å². The van der Waals surface area contributed by atoms with Gasteiger partial charge in [-0.3, -0.25) is 0 Å². The van der Waals surface area contributed by atoms with Gasteiger partial charge in [-0.1, -0.05) is 17.7 Å². The summed E-state index contributed by atoms with van der Waals surface area (Å²) in [4.78, 5) is 12.4. The number of sulfone groups is 1. The molecule has 1 unspecified atom stereocenters. The Kier molecular flexibility index (Phi) is 6.18. The van der Waals surface area contributed by atoms with E-state index in [1.54, 1.807) is 36.4 Å². The van der Waals surface area contributed by atoms with Gasteiger partial charge in [0.25, 0.3) is 0 Å². The van der Waals surface area contributed by atoms with E-state index in [1.165, 1.54) is 6.26 Å². The van der Waals surface area contributed by atoms with Gasteiger partial charge in [-0.05, 0) is 44.0 Å². The molecule has 27 heavy (non-hydrogen) atoms. The average molecular weight is 392 g/mol. The maximum Gasteiger partial charge on any atom is 0.315 e. The molecule has 1 aromatic carbocycles. The number of furan rings is 1. The maximum absolute atomic E-state index is 13.1. The van der Waals surface area contributed by atoms with E-state index in [0.717, 1.165) is 18.4 Å². The summed E-state index contributed by atoms with van der Waals surface area (Å²) in [5.74, 6) is 0.293. The van der Waals surface area contributed by atoms with Crippen LogP contribution in [-0.4, -0.2) is 40.2 Å². The summed E-state index contributed by atoms with van der Waals surface area (Å²) in [6.45, 7) is 3.03. The molecule has 3 rings (SSSR count). The van der Waals surface area contributed by atoms with E-state index in [4.69, 9.17) is 9.15 Å². The van der Waals surface area contributed by atoms with Crippen molar-refractivity contribution in [1.82, 2.24) is 10.6 Å². The average Bonchev–Trinajstić information content (AvgIpc) is 3.17. The van der Waals surface area contributed by atoms with Gasteiger partial charge in [0.15, 0.2) is 9.84 Å². The van der Waals surface area contributed by atoms with Crippen LogP contribution in [0.15, 0.2) is 52.0 Å². The first kappa shape index (κ1) is 19.4. The van der Waals surface area contributed by atoms with E-state index in [-0.39, 0.29) is 17.5 Å². The number of carbonyl (C=O) groups is 1. The third-order valence-electron chi connectivity index (χ3n) is 4.59. The Morgan fingerprint density at radius 1 is 1.19 bits per heavy atom.